The zero-order chi connectivity index (χ0) is 15.0. The van der Waals surface area contributed by atoms with E-state index in [1.807, 2.05) is 12.1 Å². The summed E-state index contributed by atoms with van der Waals surface area (Å²) in [6.07, 6.45) is 5.86. The molecule has 0 spiro atoms. The minimum absolute atomic E-state index is 0.229. The van der Waals surface area contributed by atoms with Crippen molar-refractivity contribution in [1.29, 1.82) is 0 Å². The molecule has 0 aliphatic carbocycles. The third kappa shape index (κ3) is 6.53. The first kappa shape index (κ1) is 17.2. The Kier molecular flexibility index (Phi) is 7.86. The van der Waals surface area contributed by atoms with Gasteiger partial charge >= 0.3 is 0 Å². The molecule has 0 fully saturated rings. The second-order valence-electron chi connectivity index (χ2n) is 5.93. The molecule has 0 aliphatic rings. The quantitative estimate of drug-likeness (QED) is 0.663. The molecule has 2 heteroatoms. The molecule has 2 atom stereocenters. The van der Waals surface area contributed by atoms with Crippen LogP contribution in [0.3, 0.4) is 0 Å². The number of hydrogen-bond donors (Lipinski definition) is 1. The van der Waals surface area contributed by atoms with Crippen molar-refractivity contribution in [2.45, 2.75) is 72.0 Å². The smallest absolute Gasteiger partial charge is 0.102 e. The second kappa shape index (κ2) is 9.15. The SMILES string of the molecule is CCCCCCC(C)OCC(O)c1cc(C)cc(C)c1. The van der Waals surface area contributed by atoms with Crippen molar-refractivity contribution >= 4 is 0 Å². The Bertz CT molecular complexity index is 367. The Balaban J connectivity index is 2.33. The highest BCUT2D eigenvalue weighted by Crippen LogP contribution is 2.18. The molecule has 0 bridgehead atoms. The molecule has 0 heterocycles. The van der Waals surface area contributed by atoms with Crippen LogP contribution in [0.1, 0.15) is 68.7 Å². The summed E-state index contributed by atoms with van der Waals surface area (Å²) >= 11 is 0. The van der Waals surface area contributed by atoms with Gasteiger partial charge in [0.05, 0.1) is 12.7 Å². The first-order chi connectivity index (χ1) is 9.52. The minimum atomic E-state index is -0.522. The first-order valence-corrected chi connectivity index (χ1v) is 7.90. The maximum absolute atomic E-state index is 10.2. The number of aryl methyl sites for hydroxylation is 2. The van der Waals surface area contributed by atoms with Gasteiger partial charge in [0.2, 0.25) is 0 Å². The highest BCUT2D eigenvalue weighted by atomic mass is 16.5. The van der Waals surface area contributed by atoms with E-state index in [2.05, 4.69) is 33.8 Å². The predicted octanol–water partition coefficient (Wildman–Crippen LogP) is 4.71. The Labute approximate surface area is 124 Å². The summed E-state index contributed by atoms with van der Waals surface area (Å²) in [7, 11) is 0. The van der Waals surface area contributed by atoms with Gasteiger partial charge < -0.3 is 9.84 Å². The molecule has 0 amide bonds. The summed E-state index contributed by atoms with van der Waals surface area (Å²) in [4.78, 5) is 0. The molecule has 1 aromatic rings. The van der Waals surface area contributed by atoms with Crippen molar-refractivity contribution in [3.8, 4) is 0 Å². The van der Waals surface area contributed by atoms with Crippen LogP contribution in [0.4, 0.5) is 0 Å². The zero-order valence-electron chi connectivity index (χ0n) is 13.5. The lowest BCUT2D eigenvalue weighted by atomic mass is 10.0. The number of unbranched alkanes of at least 4 members (excludes halogenated alkanes) is 3. The molecule has 0 saturated carbocycles. The normalized spacial score (nSPS) is 14.2. The van der Waals surface area contributed by atoms with Crippen molar-refractivity contribution in [2.24, 2.45) is 0 Å². The largest absolute Gasteiger partial charge is 0.386 e. The van der Waals surface area contributed by atoms with Crippen molar-refractivity contribution in [1.82, 2.24) is 0 Å². The highest BCUT2D eigenvalue weighted by Gasteiger charge is 2.11. The van der Waals surface area contributed by atoms with Crippen LogP contribution in [-0.4, -0.2) is 17.8 Å². The Hall–Kier alpha value is -0.860. The van der Waals surface area contributed by atoms with Gasteiger partial charge in [-0.2, -0.15) is 0 Å². The summed E-state index contributed by atoms with van der Waals surface area (Å²) < 4.78 is 5.77. The first-order valence-electron chi connectivity index (χ1n) is 7.90. The van der Waals surface area contributed by atoms with E-state index in [4.69, 9.17) is 4.74 Å². The topological polar surface area (TPSA) is 29.5 Å². The summed E-state index contributed by atoms with van der Waals surface area (Å²) in [5, 5.41) is 10.2. The fourth-order valence-electron chi connectivity index (χ4n) is 2.50. The average molecular weight is 278 g/mol. The van der Waals surface area contributed by atoms with Gasteiger partial charge in [0, 0.05) is 0 Å². The summed E-state index contributed by atoms with van der Waals surface area (Å²) in [5.74, 6) is 0. The highest BCUT2D eigenvalue weighted by molar-refractivity contribution is 5.29. The van der Waals surface area contributed by atoms with Gasteiger partial charge in [-0.15, -0.1) is 0 Å². The van der Waals surface area contributed by atoms with Crippen molar-refractivity contribution in [3.05, 3.63) is 34.9 Å². The fraction of sp³-hybridized carbons (Fsp3) is 0.667. The number of aliphatic hydroxyl groups is 1. The fourth-order valence-corrected chi connectivity index (χ4v) is 2.50. The predicted molar refractivity (Wildman–Crippen MR) is 85.0 cm³/mol. The number of hydrogen-bond acceptors (Lipinski definition) is 2. The summed E-state index contributed by atoms with van der Waals surface area (Å²) in [5.41, 5.74) is 3.33. The molecule has 0 aliphatic heterocycles. The maximum Gasteiger partial charge on any atom is 0.102 e. The van der Waals surface area contributed by atoms with Gasteiger partial charge in [-0.05, 0) is 32.8 Å². The van der Waals surface area contributed by atoms with Crippen LogP contribution in [0.25, 0.3) is 0 Å². The van der Waals surface area contributed by atoms with Crippen LogP contribution in [0, 0.1) is 13.8 Å². The summed E-state index contributed by atoms with van der Waals surface area (Å²) in [6, 6.07) is 6.19. The van der Waals surface area contributed by atoms with E-state index >= 15 is 0 Å². The maximum atomic E-state index is 10.2. The molecule has 1 N–H and O–H groups in total. The minimum Gasteiger partial charge on any atom is -0.386 e. The van der Waals surface area contributed by atoms with Crippen LogP contribution in [0.5, 0.6) is 0 Å². The molecular formula is C18H30O2. The number of aliphatic hydroxyl groups excluding tert-OH is 1. The lowest BCUT2D eigenvalue weighted by Gasteiger charge is -2.17. The molecule has 2 unspecified atom stereocenters. The van der Waals surface area contributed by atoms with Crippen LogP contribution < -0.4 is 0 Å². The Morgan fingerprint density at radius 3 is 2.30 bits per heavy atom. The van der Waals surface area contributed by atoms with Crippen LogP contribution in [0.15, 0.2) is 18.2 Å². The number of ether oxygens (including phenoxy) is 1. The zero-order valence-corrected chi connectivity index (χ0v) is 13.5. The molecule has 0 saturated heterocycles. The standard InChI is InChI=1S/C18H30O2/c1-5-6-7-8-9-16(4)20-13-18(19)17-11-14(2)10-15(3)12-17/h10-12,16,18-19H,5-9,13H2,1-4H3. The van der Waals surface area contributed by atoms with E-state index in [9.17, 15) is 5.11 Å². The van der Waals surface area contributed by atoms with Gasteiger partial charge in [-0.1, -0.05) is 61.9 Å². The van der Waals surface area contributed by atoms with Crippen LogP contribution in [-0.2, 0) is 4.74 Å². The van der Waals surface area contributed by atoms with Gasteiger partial charge in [-0.3, -0.25) is 0 Å². The van der Waals surface area contributed by atoms with Crippen LogP contribution in [0.2, 0.25) is 0 Å². The lowest BCUT2D eigenvalue weighted by molar-refractivity contribution is -0.00654. The average Bonchev–Trinajstić information content (AvgIpc) is 2.40. The Morgan fingerprint density at radius 1 is 1.05 bits per heavy atom. The van der Waals surface area contributed by atoms with Crippen molar-refractivity contribution in [2.75, 3.05) is 6.61 Å². The van der Waals surface area contributed by atoms with E-state index in [0.29, 0.717) is 6.61 Å². The second-order valence-corrected chi connectivity index (χ2v) is 5.93. The Morgan fingerprint density at radius 2 is 1.70 bits per heavy atom. The van der Waals surface area contributed by atoms with E-state index in [0.717, 1.165) is 12.0 Å². The monoisotopic (exact) mass is 278 g/mol. The molecule has 1 aromatic carbocycles. The molecule has 114 valence electrons. The molecule has 2 nitrogen and oxygen atoms in total. The molecule has 0 radical (unpaired) electrons. The van der Waals surface area contributed by atoms with E-state index < -0.39 is 6.10 Å². The van der Waals surface area contributed by atoms with E-state index in [1.165, 1.54) is 36.8 Å². The molecular weight excluding hydrogens is 248 g/mol. The van der Waals surface area contributed by atoms with E-state index in [1.54, 1.807) is 0 Å². The van der Waals surface area contributed by atoms with Crippen molar-refractivity contribution in [3.63, 3.8) is 0 Å². The van der Waals surface area contributed by atoms with Gasteiger partial charge in [0.15, 0.2) is 0 Å². The summed E-state index contributed by atoms with van der Waals surface area (Å²) in [6.45, 7) is 8.82. The number of rotatable bonds is 9. The third-order valence-electron chi connectivity index (χ3n) is 3.63. The van der Waals surface area contributed by atoms with Gasteiger partial charge in [-0.25, -0.2) is 0 Å². The lowest BCUT2D eigenvalue weighted by Crippen LogP contribution is -2.15. The van der Waals surface area contributed by atoms with E-state index in [-0.39, 0.29) is 6.10 Å². The molecule has 1 rings (SSSR count). The third-order valence-corrected chi connectivity index (χ3v) is 3.63. The van der Waals surface area contributed by atoms with Gasteiger partial charge in [0.1, 0.15) is 6.10 Å². The molecule has 0 aromatic heterocycles. The molecule has 20 heavy (non-hydrogen) atoms. The number of benzene rings is 1. The van der Waals surface area contributed by atoms with Gasteiger partial charge in [0.25, 0.3) is 0 Å². The van der Waals surface area contributed by atoms with Crippen LogP contribution >= 0.6 is 0 Å². The van der Waals surface area contributed by atoms with Crippen molar-refractivity contribution < 1.29 is 9.84 Å².